The van der Waals surface area contributed by atoms with Crippen molar-refractivity contribution in [3.8, 4) is 0 Å². The normalized spacial score (nSPS) is 15.5. The molecule has 0 fully saturated rings. The quantitative estimate of drug-likeness (QED) is 0.329. The molecule has 1 aliphatic heterocycles. The maximum atomic E-state index is 14.1. The number of nitrogens with one attached hydrogen (secondary N) is 2. The summed E-state index contributed by atoms with van der Waals surface area (Å²) in [6.07, 6.45) is -3.06. The van der Waals surface area contributed by atoms with Gasteiger partial charge in [-0.05, 0) is 35.7 Å². The van der Waals surface area contributed by atoms with Crippen molar-refractivity contribution >= 4 is 33.6 Å². The molecular weight excluding hydrogens is 477 g/mol. The number of hydrogen-bond donors (Lipinski definition) is 2. The zero-order valence-electron chi connectivity index (χ0n) is 17.7. The van der Waals surface area contributed by atoms with Crippen LogP contribution >= 0.6 is 0 Å². The molecule has 2 aromatic carbocycles. The van der Waals surface area contributed by atoms with E-state index < -0.39 is 52.9 Å². The van der Waals surface area contributed by atoms with Crippen LogP contribution in [-0.4, -0.2) is 40.4 Å². The molecule has 0 saturated carbocycles. The van der Waals surface area contributed by atoms with Gasteiger partial charge >= 0.3 is 5.97 Å². The molecule has 0 bridgehead atoms. The number of likely N-dealkylation sites (N-methyl/N-ethyl adjacent to an activating group) is 1. The minimum absolute atomic E-state index is 0.0488. The van der Waals surface area contributed by atoms with Gasteiger partial charge in [0.25, 0.3) is 17.9 Å². The number of rotatable bonds is 3. The van der Waals surface area contributed by atoms with Crippen LogP contribution in [0.1, 0.15) is 44.6 Å². The number of pyridine rings is 1. The average molecular weight is 491 g/mol. The van der Waals surface area contributed by atoms with Gasteiger partial charge < -0.3 is 19.6 Å². The number of carbonyl (C=O) groups excluding carboxylic acids is 2. The fourth-order valence-electron chi connectivity index (χ4n) is 4.25. The van der Waals surface area contributed by atoms with Crippen LogP contribution < -0.4 is 5.56 Å². The fraction of sp³-hybridized carbons (Fsp3) is 0.174. The fourth-order valence-corrected chi connectivity index (χ4v) is 4.25. The summed E-state index contributed by atoms with van der Waals surface area (Å²) in [5.74, 6) is -5.27. The van der Waals surface area contributed by atoms with Crippen molar-refractivity contribution in [1.82, 2.24) is 14.9 Å². The summed E-state index contributed by atoms with van der Waals surface area (Å²) < 4.78 is 72.9. The van der Waals surface area contributed by atoms with Gasteiger partial charge in [-0.25, -0.2) is 26.7 Å². The predicted molar refractivity (Wildman–Crippen MR) is 113 cm³/mol. The summed E-state index contributed by atoms with van der Waals surface area (Å²) in [5, 5.41) is -0.139. The number of H-pyrrole nitrogens is 2. The van der Waals surface area contributed by atoms with Gasteiger partial charge in [0.05, 0.1) is 17.0 Å². The molecule has 0 saturated heterocycles. The lowest BCUT2D eigenvalue weighted by atomic mass is 9.95. The van der Waals surface area contributed by atoms with E-state index >= 15 is 0 Å². The SMILES string of the molecule is CN(C(=O)c1cc2cc(F)c(C(F)F)cc2[nH]1)C1COC(=O)c2[nH]c(=O)c3cc(F)c(F)cc3c21. The molecule has 1 amide bonds. The number of carbonyl (C=O) groups is 2. The first-order valence-electron chi connectivity index (χ1n) is 10.2. The van der Waals surface area contributed by atoms with E-state index in [4.69, 9.17) is 4.74 Å². The second-order valence-corrected chi connectivity index (χ2v) is 8.03. The molecule has 0 radical (unpaired) electrons. The average Bonchev–Trinajstić information content (AvgIpc) is 3.22. The Bertz CT molecular complexity index is 1610. The number of aromatic amines is 2. The minimum atomic E-state index is -3.06. The predicted octanol–water partition coefficient (Wildman–Crippen LogP) is 4.35. The highest BCUT2D eigenvalue weighted by Gasteiger charge is 2.36. The van der Waals surface area contributed by atoms with Crippen molar-refractivity contribution in [2.45, 2.75) is 12.5 Å². The molecule has 0 aliphatic carbocycles. The first-order valence-corrected chi connectivity index (χ1v) is 10.2. The van der Waals surface area contributed by atoms with Gasteiger partial charge in [-0.1, -0.05) is 0 Å². The zero-order chi connectivity index (χ0) is 25.2. The van der Waals surface area contributed by atoms with E-state index in [-0.39, 0.29) is 45.2 Å². The summed E-state index contributed by atoms with van der Waals surface area (Å²) in [7, 11) is 1.34. The molecule has 1 unspecified atom stereocenters. The standard InChI is InChI=1S/C23H14F5N3O4/c1-31(22(33)16-3-8-2-12(24)11(20(27)28)6-15(8)29-16)17-7-35-23(34)19-18(17)9-4-13(25)14(26)5-10(9)21(32)30-19/h2-6,17,20,29H,7H2,1H3,(H,30,32). The highest BCUT2D eigenvalue weighted by Crippen LogP contribution is 2.35. The molecule has 4 aromatic rings. The summed E-state index contributed by atoms with van der Waals surface area (Å²) in [5.41, 5.74) is -1.93. The van der Waals surface area contributed by atoms with Crippen LogP contribution in [0.2, 0.25) is 0 Å². The third-order valence-electron chi connectivity index (χ3n) is 6.00. The molecule has 5 rings (SSSR count). The number of benzene rings is 2. The van der Waals surface area contributed by atoms with E-state index in [9.17, 15) is 36.3 Å². The molecule has 1 aliphatic rings. The zero-order valence-corrected chi connectivity index (χ0v) is 17.7. The molecule has 12 heteroatoms. The number of alkyl halides is 2. The summed E-state index contributed by atoms with van der Waals surface area (Å²) in [4.78, 5) is 44.0. The smallest absolute Gasteiger partial charge is 0.355 e. The topological polar surface area (TPSA) is 95.3 Å². The Balaban J connectivity index is 1.61. The van der Waals surface area contributed by atoms with E-state index in [0.29, 0.717) is 6.07 Å². The van der Waals surface area contributed by atoms with Crippen LogP contribution in [0.15, 0.2) is 35.1 Å². The molecule has 1 atom stereocenters. The lowest BCUT2D eigenvalue weighted by Crippen LogP contribution is -2.39. The Morgan fingerprint density at radius 1 is 1.00 bits per heavy atom. The van der Waals surface area contributed by atoms with Gasteiger partial charge in [0.1, 0.15) is 23.8 Å². The van der Waals surface area contributed by atoms with Gasteiger partial charge in [-0.15, -0.1) is 0 Å². The number of ether oxygens (including phenoxy) is 1. The van der Waals surface area contributed by atoms with Crippen LogP contribution in [0, 0.1) is 17.5 Å². The number of cyclic esters (lactones) is 1. The Labute approximate surface area is 192 Å². The van der Waals surface area contributed by atoms with Gasteiger partial charge in [0.15, 0.2) is 11.6 Å². The van der Waals surface area contributed by atoms with Crippen molar-refractivity contribution in [2.24, 2.45) is 0 Å². The van der Waals surface area contributed by atoms with Crippen molar-refractivity contribution in [3.63, 3.8) is 0 Å². The summed E-state index contributed by atoms with van der Waals surface area (Å²) in [6.45, 7) is -0.363. The van der Waals surface area contributed by atoms with E-state index in [1.165, 1.54) is 13.1 Å². The van der Waals surface area contributed by atoms with Crippen LogP contribution in [-0.2, 0) is 4.74 Å². The monoisotopic (exact) mass is 491 g/mol. The molecular formula is C23H14F5N3O4. The molecule has 2 N–H and O–H groups in total. The van der Waals surface area contributed by atoms with Crippen molar-refractivity contribution in [3.05, 3.63) is 80.7 Å². The second kappa shape index (κ2) is 7.93. The van der Waals surface area contributed by atoms with E-state index in [1.54, 1.807) is 0 Å². The number of halogens is 5. The van der Waals surface area contributed by atoms with E-state index in [0.717, 1.165) is 23.1 Å². The third kappa shape index (κ3) is 3.52. The lowest BCUT2D eigenvalue weighted by molar-refractivity contribution is 0.0281. The van der Waals surface area contributed by atoms with Gasteiger partial charge in [-0.3, -0.25) is 9.59 Å². The van der Waals surface area contributed by atoms with E-state index in [1.807, 2.05) is 0 Å². The Morgan fingerprint density at radius 2 is 1.69 bits per heavy atom. The van der Waals surface area contributed by atoms with Gasteiger partial charge in [0, 0.05) is 23.5 Å². The Kier molecular flexibility index (Phi) is 5.11. The number of aromatic nitrogens is 2. The van der Waals surface area contributed by atoms with Gasteiger partial charge in [-0.2, -0.15) is 0 Å². The largest absolute Gasteiger partial charge is 0.458 e. The lowest BCUT2D eigenvalue weighted by Gasteiger charge is -2.32. The number of amides is 1. The molecule has 2 aromatic heterocycles. The molecule has 180 valence electrons. The Hall–Kier alpha value is -4.22. The first kappa shape index (κ1) is 22.6. The van der Waals surface area contributed by atoms with Crippen LogP contribution in [0.4, 0.5) is 22.0 Å². The van der Waals surface area contributed by atoms with Crippen LogP contribution in [0.5, 0.6) is 0 Å². The third-order valence-corrected chi connectivity index (χ3v) is 6.00. The Morgan fingerprint density at radius 3 is 2.37 bits per heavy atom. The van der Waals surface area contributed by atoms with Crippen LogP contribution in [0.3, 0.4) is 0 Å². The maximum Gasteiger partial charge on any atom is 0.355 e. The molecule has 35 heavy (non-hydrogen) atoms. The molecule has 0 spiro atoms. The number of nitrogens with zero attached hydrogens (tertiary/aromatic N) is 1. The molecule has 3 heterocycles. The van der Waals surface area contributed by atoms with Gasteiger partial charge in [0.2, 0.25) is 0 Å². The highest BCUT2D eigenvalue weighted by atomic mass is 19.3. The number of esters is 1. The second-order valence-electron chi connectivity index (χ2n) is 8.03. The maximum absolute atomic E-state index is 14.1. The first-order chi connectivity index (χ1) is 16.6. The van der Waals surface area contributed by atoms with E-state index in [2.05, 4.69) is 9.97 Å². The van der Waals surface area contributed by atoms with Crippen LogP contribution in [0.25, 0.3) is 21.7 Å². The van der Waals surface area contributed by atoms with Crippen molar-refractivity contribution in [2.75, 3.05) is 13.7 Å². The van der Waals surface area contributed by atoms with Crippen molar-refractivity contribution < 1.29 is 36.3 Å². The van der Waals surface area contributed by atoms with Crippen molar-refractivity contribution in [1.29, 1.82) is 0 Å². The number of hydrogen-bond acceptors (Lipinski definition) is 4. The highest BCUT2D eigenvalue weighted by molar-refractivity contribution is 6.01. The summed E-state index contributed by atoms with van der Waals surface area (Å²) in [6, 6.07) is 3.47. The minimum Gasteiger partial charge on any atom is -0.458 e. The summed E-state index contributed by atoms with van der Waals surface area (Å²) >= 11 is 0. The molecule has 7 nitrogen and oxygen atoms in total. The number of fused-ring (bicyclic) bond motifs is 4.